The van der Waals surface area contributed by atoms with Gasteiger partial charge in [0.2, 0.25) is 0 Å². The molecule has 0 saturated heterocycles. The fourth-order valence-electron chi connectivity index (χ4n) is 1.39. The van der Waals surface area contributed by atoms with Crippen LogP contribution in [0.2, 0.25) is 5.15 Å². The molecule has 1 aromatic carbocycles. The molecule has 4 nitrogen and oxygen atoms in total. The predicted molar refractivity (Wildman–Crippen MR) is 61.7 cm³/mol. The lowest BCUT2D eigenvalue weighted by Crippen LogP contribution is -1.98. The summed E-state index contributed by atoms with van der Waals surface area (Å²) in [7, 11) is 3.20. The van der Waals surface area contributed by atoms with Gasteiger partial charge in [-0.1, -0.05) is 11.6 Å². The van der Waals surface area contributed by atoms with Gasteiger partial charge in [0.1, 0.15) is 16.7 Å². The quantitative estimate of drug-likeness (QED) is 0.825. The van der Waals surface area contributed by atoms with Gasteiger partial charge in [-0.25, -0.2) is 4.68 Å². The molecule has 0 spiro atoms. The van der Waals surface area contributed by atoms with E-state index in [1.165, 1.54) is 0 Å². The molecule has 2 aromatic rings. The van der Waals surface area contributed by atoms with Crippen LogP contribution in [0.15, 0.2) is 30.5 Å². The molecule has 0 fully saturated rings. The van der Waals surface area contributed by atoms with Crippen LogP contribution in [-0.2, 0) is 0 Å². The van der Waals surface area contributed by atoms with Crippen LogP contribution in [-0.4, -0.2) is 24.0 Å². The van der Waals surface area contributed by atoms with Crippen molar-refractivity contribution in [2.24, 2.45) is 0 Å². The molecule has 84 valence electrons. The second-order valence-electron chi connectivity index (χ2n) is 3.14. The predicted octanol–water partition coefficient (Wildman–Crippen LogP) is 2.54. The van der Waals surface area contributed by atoms with E-state index in [9.17, 15) is 0 Å². The molecule has 0 N–H and O–H groups in total. The number of methoxy groups -OCH3 is 2. The van der Waals surface area contributed by atoms with Crippen LogP contribution in [0.25, 0.3) is 5.69 Å². The van der Waals surface area contributed by atoms with E-state index in [1.54, 1.807) is 37.2 Å². The van der Waals surface area contributed by atoms with E-state index in [1.807, 2.05) is 12.1 Å². The van der Waals surface area contributed by atoms with Crippen LogP contribution in [0.5, 0.6) is 11.5 Å². The number of nitrogens with zero attached hydrogens (tertiary/aromatic N) is 2. The zero-order valence-electron chi connectivity index (χ0n) is 8.98. The largest absolute Gasteiger partial charge is 0.497 e. The zero-order valence-corrected chi connectivity index (χ0v) is 9.73. The number of rotatable bonds is 3. The first-order chi connectivity index (χ1) is 7.74. The van der Waals surface area contributed by atoms with Gasteiger partial charge in [-0.3, -0.25) is 0 Å². The van der Waals surface area contributed by atoms with Crippen molar-refractivity contribution in [2.75, 3.05) is 14.2 Å². The van der Waals surface area contributed by atoms with Gasteiger partial charge in [-0.15, -0.1) is 0 Å². The summed E-state index contributed by atoms with van der Waals surface area (Å²) >= 11 is 5.98. The summed E-state index contributed by atoms with van der Waals surface area (Å²) in [6, 6.07) is 7.18. The Morgan fingerprint density at radius 2 is 1.75 bits per heavy atom. The lowest BCUT2D eigenvalue weighted by molar-refractivity contribution is 0.394. The number of benzene rings is 1. The molecular weight excluding hydrogens is 228 g/mol. The molecule has 0 aliphatic rings. The van der Waals surface area contributed by atoms with Gasteiger partial charge in [0, 0.05) is 18.2 Å². The SMILES string of the molecule is COc1cc(OC)cc(-n2nccc2Cl)c1. The molecule has 0 amide bonds. The van der Waals surface area contributed by atoms with E-state index in [4.69, 9.17) is 21.1 Å². The van der Waals surface area contributed by atoms with E-state index in [0.29, 0.717) is 16.7 Å². The minimum absolute atomic E-state index is 0.537. The molecule has 0 bridgehead atoms. The van der Waals surface area contributed by atoms with E-state index in [-0.39, 0.29) is 0 Å². The fraction of sp³-hybridized carbons (Fsp3) is 0.182. The summed E-state index contributed by atoms with van der Waals surface area (Å²) in [6.45, 7) is 0. The molecule has 16 heavy (non-hydrogen) atoms. The lowest BCUT2D eigenvalue weighted by Gasteiger charge is -2.09. The van der Waals surface area contributed by atoms with Crippen LogP contribution in [0.3, 0.4) is 0 Å². The Bertz CT molecular complexity index is 474. The van der Waals surface area contributed by atoms with Crippen LogP contribution in [0.4, 0.5) is 0 Å². The van der Waals surface area contributed by atoms with Gasteiger partial charge < -0.3 is 9.47 Å². The molecule has 0 aliphatic carbocycles. The van der Waals surface area contributed by atoms with Crippen molar-refractivity contribution in [2.45, 2.75) is 0 Å². The Morgan fingerprint density at radius 3 is 2.19 bits per heavy atom. The van der Waals surface area contributed by atoms with Crippen molar-refractivity contribution >= 4 is 11.6 Å². The van der Waals surface area contributed by atoms with Crippen LogP contribution in [0, 0.1) is 0 Å². The second kappa shape index (κ2) is 4.45. The number of aromatic nitrogens is 2. The molecule has 5 heteroatoms. The maximum absolute atomic E-state index is 5.98. The van der Waals surface area contributed by atoms with Crippen molar-refractivity contribution in [3.8, 4) is 17.2 Å². The van der Waals surface area contributed by atoms with E-state index < -0.39 is 0 Å². The van der Waals surface area contributed by atoms with E-state index >= 15 is 0 Å². The van der Waals surface area contributed by atoms with Gasteiger partial charge in [0.15, 0.2) is 0 Å². The first kappa shape index (κ1) is 10.8. The first-order valence-corrected chi connectivity index (χ1v) is 5.05. The smallest absolute Gasteiger partial charge is 0.132 e. The maximum Gasteiger partial charge on any atom is 0.132 e. The van der Waals surface area contributed by atoms with E-state index in [2.05, 4.69) is 5.10 Å². The zero-order chi connectivity index (χ0) is 11.5. The standard InChI is InChI=1S/C11H11ClN2O2/c1-15-9-5-8(6-10(7-9)16-2)14-11(12)3-4-13-14/h3-7H,1-2H3. The van der Waals surface area contributed by atoms with Crippen molar-refractivity contribution in [1.29, 1.82) is 0 Å². The number of hydrogen-bond donors (Lipinski definition) is 0. The molecule has 1 aromatic heterocycles. The van der Waals surface area contributed by atoms with Crippen LogP contribution < -0.4 is 9.47 Å². The third-order valence-electron chi connectivity index (χ3n) is 2.18. The monoisotopic (exact) mass is 238 g/mol. The third-order valence-corrected chi connectivity index (χ3v) is 2.46. The number of halogens is 1. The molecule has 1 heterocycles. The molecule has 0 unspecified atom stereocenters. The minimum atomic E-state index is 0.537. The number of hydrogen-bond acceptors (Lipinski definition) is 3. The van der Waals surface area contributed by atoms with Crippen molar-refractivity contribution in [1.82, 2.24) is 9.78 Å². The number of ether oxygens (including phenoxy) is 2. The molecule has 0 atom stereocenters. The van der Waals surface area contributed by atoms with Crippen molar-refractivity contribution in [3.63, 3.8) is 0 Å². The topological polar surface area (TPSA) is 36.3 Å². The fourth-order valence-corrected chi connectivity index (χ4v) is 1.59. The Hall–Kier alpha value is -1.68. The Morgan fingerprint density at radius 1 is 1.12 bits per heavy atom. The summed E-state index contributed by atoms with van der Waals surface area (Å²) in [5.41, 5.74) is 0.797. The second-order valence-corrected chi connectivity index (χ2v) is 3.52. The Balaban J connectivity index is 2.52. The Labute approximate surface area is 98.4 Å². The average molecular weight is 239 g/mol. The van der Waals surface area contributed by atoms with Crippen LogP contribution in [0.1, 0.15) is 0 Å². The summed E-state index contributed by atoms with van der Waals surface area (Å²) in [4.78, 5) is 0. The van der Waals surface area contributed by atoms with Crippen molar-refractivity contribution in [3.05, 3.63) is 35.6 Å². The highest BCUT2D eigenvalue weighted by Gasteiger charge is 2.06. The summed E-state index contributed by atoms with van der Waals surface area (Å²) in [6.07, 6.45) is 1.63. The minimum Gasteiger partial charge on any atom is -0.497 e. The van der Waals surface area contributed by atoms with Crippen LogP contribution >= 0.6 is 11.6 Å². The molecular formula is C11H11ClN2O2. The average Bonchev–Trinajstić information content (AvgIpc) is 2.74. The highest BCUT2D eigenvalue weighted by Crippen LogP contribution is 2.26. The maximum atomic E-state index is 5.98. The Kier molecular flexibility index (Phi) is 3.01. The molecule has 0 saturated carbocycles. The first-order valence-electron chi connectivity index (χ1n) is 4.67. The van der Waals surface area contributed by atoms with Gasteiger partial charge >= 0.3 is 0 Å². The lowest BCUT2D eigenvalue weighted by atomic mass is 10.3. The summed E-state index contributed by atoms with van der Waals surface area (Å²) in [5.74, 6) is 1.39. The third kappa shape index (κ3) is 1.97. The van der Waals surface area contributed by atoms with Gasteiger partial charge in [-0.05, 0) is 6.07 Å². The van der Waals surface area contributed by atoms with Gasteiger partial charge in [0.25, 0.3) is 0 Å². The molecule has 2 rings (SSSR count). The van der Waals surface area contributed by atoms with Gasteiger partial charge in [-0.2, -0.15) is 5.10 Å². The highest BCUT2D eigenvalue weighted by molar-refractivity contribution is 6.29. The summed E-state index contributed by atoms with van der Waals surface area (Å²) < 4.78 is 11.9. The van der Waals surface area contributed by atoms with E-state index in [0.717, 1.165) is 5.69 Å². The molecule has 0 radical (unpaired) electrons. The van der Waals surface area contributed by atoms with Gasteiger partial charge in [0.05, 0.1) is 26.1 Å². The molecule has 0 aliphatic heterocycles. The highest BCUT2D eigenvalue weighted by atomic mass is 35.5. The van der Waals surface area contributed by atoms with Crippen molar-refractivity contribution < 1.29 is 9.47 Å². The normalized spacial score (nSPS) is 10.2. The summed E-state index contributed by atoms with van der Waals surface area (Å²) in [5, 5.41) is 4.65.